The molecule has 2 nitrogen and oxygen atoms in total. The van der Waals surface area contributed by atoms with Gasteiger partial charge in [-0.05, 0) is 38.4 Å². The van der Waals surface area contributed by atoms with E-state index < -0.39 is 8.32 Å². The van der Waals surface area contributed by atoms with Crippen LogP contribution in [0.4, 0.5) is 0 Å². The van der Waals surface area contributed by atoms with Gasteiger partial charge >= 0.3 is 0 Å². The lowest BCUT2D eigenvalue weighted by Crippen LogP contribution is -2.45. The third kappa shape index (κ3) is 3.41. The molecule has 0 aliphatic carbocycles. The second-order valence-electron chi connectivity index (χ2n) is 4.64. The van der Waals surface area contributed by atoms with Gasteiger partial charge in [0.2, 0.25) is 0 Å². The molecule has 1 aliphatic rings. The van der Waals surface area contributed by atoms with Crippen molar-refractivity contribution in [3.8, 4) is 0 Å². The zero-order chi connectivity index (χ0) is 9.90. The standard InChI is InChI=1S/C10H23NOSi/c1-4-10(11)8-13(3)7-5-6-9(2)12-13/h9-10H,4-8,11H2,1-3H3. The second-order valence-corrected chi connectivity index (χ2v) is 8.69. The highest BCUT2D eigenvalue weighted by molar-refractivity contribution is 6.72. The summed E-state index contributed by atoms with van der Waals surface area (Å²) in [5, 5.41) is 0. The van der Waals surface area contributed by atoms with E-state index in [0.717, 1.165) is 12.5 Å². The van der Waals surface area contributed by atoms with Crippen LogP contribution in [0.2, 0.25) is 18.6 Å². The van der Waals surface area contributed by atoms with Gasteiger partial charge in [-0.25, -0.2) is 0 Å². The van der Waals surface area contributed by atoms with Gasteiger partial charge in [-0.3, -0.25) is 0 Å². The van der Waals surface area contributed by atoms with E-state index in [2.05, 4.69) is 20.4 Å². The summed E-state index contributed by atoms with van der Waals surface area (Å²) in [7, 11) is -1.41. The molecule has 3 unspecified atom stereocenters. The van der Waals surface area contributed by atoms with E-state index in [4.69, 9.17) is 10.2 Å². The third-order valence-electron chi connectivity index (χ3n) is 3.02. The lowest BCUT2D eigenvalue weighted by molar-refractivity contribution is 0.175. The van der Waals surface area contributed by atoms with Crippen molar-refractivity contribution in [1.29, 1.82) is 0 Å². The molecule has 13 heavy (non-hydrogen) atoms. The molecule has 0 saturated carbocycles. The maximum atomic E-state index is 6.11. The summed E-state index contributed by atoms with van der Waals surface area (Å²) in [6.07, 6.45) is 4.15. The molecule has 3 heteroatoms. The molecule has 1 heterocycles. The highest BCUT2D eigenvalue weighted by atomic mass is 28.4. The monoisotopic (exact) mass is 201 g/mol. The Hall–Kier alpha value is 0.137. The van der Waals surface area contributed by atoms with E-state index in [1.807, 2.05) is 0 Å². The molecule has 2 N–H and O–H groups in total. The Labute approximate surface area is 83.0 Å². The van der Waals surface area contributed by atoms with Crippen molar-refractivity contribution in [3.63, 3.8) is 0 Å². The SMILES string of the molecule is CCC(N)C[Si]1(C)CCCC(C)O1. The lowest BCUT2D eigenvalue weighted by Gasteiger charge is -2.37. The number of hydrogen-bond donors (Lipinski definition) is 1. The topological polar surface area (TPSA) is 35.2 Å². The van der Waals surface area contributed by atoms with Gasteiger partial charge in [0, 0.05) is 12.1 Å². The van der Waals surface area contributed by atoms with Crippen LogP contribution >= 0.6 is 0 Å². The van der Waals surface area contributed by atoms with Crippen LogP contribution < -0.4 is 5.73 Å². The fourth-order valence-corrected chi connectivity index (χ4v) is 6.07. The van der Waals surface area contributed by atoms with Crippen LogP contribution in [0, 0.1) is 0 Å². The Morgan fingerprint density at radius 3 is 2.85 bits per heavy atom. The average Bonchev–Trinajstić information content (AvgIpc) is 2.02. The van der Waals surface area contributed by atoms with Gasteiger partial charge in [-0.2, -0.15) is 0 Å². The van der Waals surface area contributed by atoms with E-state index in [-0.39, 0.29) is 0 Å². The molecule has 0 aromatic rings. The van der Waals surface area contributed by atoms with Crippen molar-refractivity contribution in [2.24, 2.45) is 5.73 Å². The predicted molar refractivity (Wildman–Crippen MR) is 59.3 cm³/mol. The Bertz CT molecular complexity index is 165. The van der Waals surface area contributed by atoms with Crippen LogP contribution in [0.25, 0.3) is 0 Å². The third-order valence-corrected chi connectivity index (χ3v) is 6.79. The van der Waals surface area contributed by atoms with Gasteiger partial charge < -0.3 is 10.2 Å². The molecule has 1 aliphatic heterocycles. The summed E-state index contributed by atoms with van der Waals surface area (Å²) in [6.45, 7) is 6.70. The van der Waals surface area contributed by atoms with Gasteiger partial charge in [0.1, 0.15) is 0 Å². The van der Waals surface area contributed by atoms with Gasteiger partial charge in [0.25, 0.3) is 0 Å². The Morgan fingerprint density at radius 2 is 2.31 bits per heavy atom. The van der Waals surface area contributed by atoms with Crippen LogP contribution in [0.15, 0.2) is 0 Å². The first-order valence-electron chi connectivity index (χ1n) is 5.49. The largest absolute Gasteiger partial charge is 0.414 e. The fourth-order valence-electron chi connectivity index (χ4n) is 2.22. The number of nitrogens with two attached hydrogens (primary N) is 1. The fraction of sp³-hybridized carbons (Fsp3) is 1.00. The lowest BCUT2D eigenvalue weighted by atomic mass is 10.2. The normalized spacial score (nSPS) is 37.4. The van der Waals surface area contributed by atoms with Crippen LogP contribution in [0.5, 0.6) is 0 Å². The van der Waals surface area contributed by atoms with Crippen LogP contribution in [-0.4, -0.2) is 20.5 Å². The minimum atomic E-state index is -1.41. The molecule has 1 fully saturated rings. The van der Waals surface area contributed by atoms with E-state index >= 15 is 0 Å². The van der Waals surface area contributed by atoms with Crippen LogP contribution in [-0.2, 0) is 4.43 Å². The Balaban J connectivity index is 2.44. The summed E-state index contributed by atoms with van der Waals surface area (Å²) in [6, 6.07) is 2.82. The maximum Gasteiger partial charge on any atom is 0.191 e. The zero-order valence-corrected chi connectivity index (χ0v) is 10.2. The minimum absolute atomic E-state index is 0.363. The molecular formula is C10H23NOSi. The summed E-state index contributed by atoms with van der Waals surface area (Å²) < 4.78 is 6.11. The van der Waals surface area contributed by atoms with Crippen molar-refractivity contribution >= 4 is 8.32 Å². The smallest absolute Gasteiger partial charge is 0.191 e. The van der Waals surface area contributed by atoms with E-state index in [9.17, 15) is 0 Å². The average molecular weight is 201 g/mol. The molecule has 78 valence electrons. The first kappa shape index (κ1) is 11.2. The summed E-state index contributed by atoms with van der Waals surface area (Å²) in [5.41, 5.74) is 5.99. The highest BCUT2D eigenvalue weighted by Gasteiger charge is 2.35. The molecule has 0 radical (unpaired) electrons. The van der Waals surface area contributed by atoms with Gasteiger partial charge in [0.15, 0.2) is 8.32 Å². The maximum absolute atomic E-state index is 6.11. The first-order chi connectivity index (χ1) is 6.06. The predicted octanol–water partition coefficient (Wildman–Crippen LogP) is 2.50. The molecule has 0 bridgehead atoms. The Kier molecular flexibility index (Phi) is 3.95. The summed E-state index contributed by atoms with van der Waals surface area (Å²) >= 11 is 0. The molecule has 0 aromatic heterocycles. The molecular weight excluding hydrogens is 178 g/mol. The highest BCUT2D eigenvalue weighted by Crippen LogP contribution is 2.30. The Morgan fingerprint density at radius 1 is 1.62 bits per heavy atom. The van der Waals surface area contributed by atoms with E-state index in [1.54, 1.807) is 0 Å². The second kappa shape index (κ2) is 4.58. The number of hydrogen-bond acceptors (Lipinski definition) is 2. The molecule has 0 aromatic carbocycles. The van der Waals surface area contributed by atoms with E-state index in [0.29, 0.717) is 12.1 Å². The molecule has 0 amide bonds. The van der Waals surface area contributed by atoms with Crippen molar-refractivity contribution < 1.29 is 4.43 Å². The van der Waals surface area contributed by atoms with Gasteiger partial charge in [0.05, 0.1) is 0 Å². The molecule has 1 saturated heterocycles. The van der Waals surface area contributed by atoms with Gasteiger partial charge in [-0.1, -0.05) is 13.3 Å². The van der Waals surface area contributed by atoms with Crippen molar-refractivity contribution in [1.82, 2.24) is 0 Å². The molecule has 1 rings (SSSR count). The summed E-state index contributed by atoms with van der Waals surface area (Å²) in [5.74, 6) is 0. The quantitative estimate of drug-likeness (QED) is 0.712. The van der Waals surface area contributed by atoms with Crippen LogP contribution in [0.1, 0.15) is 33.1 Å². The molecule has 3 atom stereocenters. The number of rotatable bonds is 3. The van der Waals surface area contributed by atoms with Crippen molar-refractivity contribution in [2.75, 3.05) is 0 Å². The summed E-state index contributed by atoms with van der Waals surface area (Å²) in [4.78, 5) is 0. The van der Waals surface area contributed by atoms with E-state index in [1.165, 1.54) is 18.9 Å². The van der Waals surface area contributed by atoms with Crippen LogP contribution in [0.3, 0.4) is 0 Å². The minimum Gasteiger partial charge on any atom is -0.414 e. The zero-order valence-electron chi connectivity index (χ0n) is 9.18. The van der Waals surface area contributed by atoms with Gasteiger partial charge in [-0.15, -0.1) is 0 Å². The molecule has 0 spiro atoms. The van der Waals surface area contributed by atoms with Crippen molar-refractivity contribution in [3.05, 3.63) is 0 Å². The first-order valence-corrected chi connectivity index (χ1v) is 8.31. The van der Waals surface area contributed by atoms with Crippen molar-refractivity contribution in [2.45, 2.75) is 63.9 Å².